The van der Waals surface area contributed by atoms with Crippen molar-refractivity contribution in [2.75, 3.05) is 5.32 Å². The van der Waals surface area contributed by atoms with Crippen LogP contribution >= 0.6 is 31.9 Å². The number of rotatable bonds is 2. The summed E-state index contributed by atoms with van der Waals surface area (Å²) in [4.78, 5) is 20.0. The topological polar surface area (TPSA) is 54.9 Å². The predicted octanol–water partition coefficient (Wildman–Crippen LogP) is 2.91. The Labute approximate surface area is 110 Å². The summed E-state index contributed by atoms with van der Waals surface area (Å²) in [6.45, 7) is 0. The second-order valence-corrected chi connectivity index (χ2v) is 5.02. The number of carbonyl (C=O) groups excluding carboxylic acids is 1. The first-order chi connectivity index (χ1) is 7.66. The van der Waals surface area contributed by atoms with Crippen LogP contribution in [0, 0.1) is 5.92 Å². The molecule has 0 aliphatic heterocycles. The summed E-state index contributed by atoms with van der Waals surface area (Å²) in [6, 6.07) is 0. The number of nitrogens with zero attached hydrogens (tertiary/aromatic N) is 2. The minimum atomic E-state index is -0.0117. The van der Waals surface area contributed by atoms with E-state index in [9.17, 15) is 4.79 Å². The van der Waals surface area contributed by atoms with Crippen molar-refractivity contribution in [3.05, 3.63) is 27.6 Å². The third kappa shape index (κ3) is 2.68. The average Bonchev–Trinajstić information content (AvgIpc) is 2.75. The normalized spacial score (nSPS) is 15.4. The number of hydrogen-bond donors (Lipinski definition) is 1. The van der Waals surface area contributed by atoms with Gasteiger partial charge in [0.1, 0.15) is 9.21 Å². The van der Waals surface area contributed by atoms with E-state index in [4.69, 9.17) is 0 Å². The quantitative estimate of drug-likeness (QED) is 0.838. The Morgan fingerprint density at radius 2 is 2.06 bits per heavy atom. The van der Waals surface area contributed by atoms with Crippen LogP contribution in [0.3, 0.4) is 0 Å². The van der Waals surface area contributed by atoms with E-state index in [1.807, 2.05) is 12.2 Å². The van der Waals surface area contributed by atoms with Gasteiger partial charge in [0.15, 0.2) is 5.82 Å². The molecule has 6 heteroatoms. The second-order valence-electron chi connectivity index (χ2n) is 3.46. The number of hydrogen-bond acceptors (Lipinski definition) is 3. The predicted molar refractivity (Wildman–Crippen MR) is 67.9 cm³/mol. The molecule has 0 saturated carbocycles. The highest BCUT2D eigenvalue weighted by atomic mass is 79.9. The summed E-state index contributed by atoms with van der Waals surface area (Å²) in [7, 11) is 0. The van der Waals surface area contributed by atoms with Crippen molar-refractivity contribution in [3.8, 4) is 0 Å². The molecule has 1 N–H and O–H groups in total. The smallest absolute Gasteiger partial charge is 0.229 e. The zero-order valence-corrected chi connectivity index (χ0v) is 11.5. The Morgan fingerprint density at radius 3 is 2.69 bits per heavy atom. The standard InChI is InChI=1S/C10H9Br2N3O/c11-7-5-13-9(8(12)14-7)15-10(16)6-3-1-2-4-6/h1-2,5-6H,3-4H2,(H,13,15,16). The Bertz CT molecular complexity index is 440. The van der Waals surface area contributed by atoms with Crippen molar-refractivity contribution >= 4 is 43.6 Å². The second kappa shape index (κ2) is 5.05. The minimum absolute atomic E-state index is 0.0117. The van der Waals surface area contributed by atoms with Gasteiger partial charge in [-0.3, -0.25) is 4.79 Å². The molecule has 0 radical (unpaired) electrons. The molecule has 1 heterocycles. The van der Waals surface area contributed by atoms with E-state index < -0.39 is 0 Å². The van der Waals surface area contributed by atoms with Crippen LogP contribution in [0.4, 0.5) is 5.82 Å². The first kappa shape index (κ1) is 11.7. The van der Waals surface area contributed by atoms with Crippen molar-refractivity contribution in [2.24, 2.45) is 5.92 Å². The molecule has 1 aliphatic carbocycles. The molecule has 84 valence electrons. The molecule has 1 aromatic rings. The highest BCUT2D eigenvalue weighted by Crippen LogP contribution is 2.23. The third-order valence-corrected chi connectivity index (χ3v) is 3.26. The van der Waals surface area contributed by atoms with Gasteiger partial charge in [0, 0.05) is 5.92 Å². The first-order valence-corrected chi connectivity index (χ1v) is 6.39. The van der Waals surface area contributed by atoms with Crippen LogP contribution in [0.25, 0.3) is 0 Å². The van der Waals surface area contributed by atoms with Crippen LogP contribution in [-0.2, 0) is 4.79 Å². The van der Waals surface area contributed by atoms with E-state index in [1.54, 1.807) is 6.20 Å². The Balaban J connectivity index is 2.06. The van der Waals surface area contributed by atoms with Gasteiger partial charge in [-0.05, 0) is 44.7 Å². The number of aromatic nitrogens is 2. The zero-order valence-electron chi connectivity index (χ0n) is 8.28. The van der Waals surface area contributed by atoms with Crippen LogP contribution in [0.1, 0.15) is 12.8 Å². The lowest BCUT2D eigenvalue weighted by Gasteiger charge is -2.10. The number of nitrogens with one attached hydrogen (secondary N) is 1. The largest absolute Gasteiger partial charge is 0.308 e. The van der Waals surface area contributed by atoms with Gasteiger partial charge in [-0.25, -0.2) is 9.97 Å². The molecule has 1 amide bonds. The fraction of sp³-hybridized carbons (Fsp3) is 0.300. The minimum Gasteiger partial charge on any atom is -0.308 e. The van der Waals surface area contributed by atoms with Gasteiger partial charge in [-0.15, -0.1) is 0 Å². The molecule has 16 heavy (non-hydrogen) atoms. The molecule has 4 nitrogen and oxygen atoms in total. The molecule has 1 aliphatic rings. The van der Waals surface area contributed by atoms with Crippen molar-refractivity contribution in [1.82, 2.24) is 9.97 Å². The maximum Gasteiger partial charge on any atom is 0.229 e. The Morgan fingerprint density at radius 1 is 1.38 bits per heavy atom. The van der Waals surface area contributed by atoms with Crippen LogP contribution < -0.4 is 5.32 Å². The van der Waals surface area contributed by atoms with E-state index >= 15 is 0 Å². The van der Waals surface area contributed by atoms with Crippen LogP contribution in [0.2, 0.25) is 0 Å². The van der Waals surface area contributed by atoms with Crippen molar-refractivity contribution in [1.29, 1.82) is 0 Å². The lowest BCUT2D eigenvalue weighted by atomic mass is 10.1. The number of allylic oxidation sites excluding steroid dienone is 2. The lowest BCUT2D eigenvalue weighted by Crippen LogP contribution is -2.21. The van der Waals surface area contributed by atoms with Gasteiger partial charge < -0.3 is 5.32 Å². The Hall–Kier alpha value is -0.750. The molecule has 0 unspecified atom stereocenters. The summed E-state index contributed by atoms with van der Waals surface area (Å²) in [5.74, 6) is 0.472. The lowest BCUT2D eigenvalue weighted by molar-refractivity contribution is -0.119. The van der Waals surface area contributed by atoms with E-state index in [2.05, 4.69) is 47.1 Å². The van der Waals surface area contributed by atoms with Gasteiger partial charge >= 0.3 is 0 Å². The highest BCUT2D eigenvalue weighted by Gasteiger charge is 2.20. The van der Waals surface area contributed by atoms with Gasteiger partial charge in [-0.2, -0.15) is 0 Å². The van der Waals surface area contributed by atoms with E-state index in [0.717, 1.165) is 12.8 Å². The first-order valence-electron chi connectivity index (χ1n) is 4.80. The summed E-state index contributed by atoms with van der Waals surface area (Å²) in [5.41, 5.74) is 0. The highest BCUT2D eigenvalue weighted by molar-refractivity contribution is 9.11. The molecule has 0 saturated heterocycles. The van der Waals surface area contributed by atoms with Crippen molar-refractivity contribution in [3.63, 3.8) is 0 Å². The molecule has 0 atom stereocenters. The Kier molecular flexibility index (Phi) is 3.70. The SMILES string of the molecule is O=C(Nc1ncc(Br)nc1Br)C1CC=CC1. The molecule has 1 aromatic heterocycles. The van der Waals surface area contributed by atoms with Gasteiger partial charge in [0.2, 0.25) is 5.91 Å². The van der Waals surface area contributed by atoms with E-state index in [1.165, 1.54) is 0 Å². The summed E-state index contributed by atoms with van der Waals surface area (Å²) >= 11 is 6.45. The van der Waals surface area contributed by atoms with Crippen LogP contribution in [-0.4, -0.2) is 15.9 Å². The van der Waals surface area contributed by atoms with Crippen molar-refractivity contribution in [2.45, 2.75) is 12.8 Å². The molecular formula is C10H9Br2N3O. The van der Waals surface area contributed by atoms with Gasteiger partial charge in [-0.1, -0.05) is 12.2 Å². The number of amides is 1. The summed E-state index contributed by atoms with van der Waals surface area (Å²) < 4.78 is 1.15. The van der Waals surface area contributed by atoms with Gasteiger partial charge in [0.25, 0.3) is 0 Å². The van der Waals surface area contributed by atoms with E-state index in [0.29, 0.717) is 15.0 Å². The van der Waals surface area contributed by atoms with Crippen LogP contribution in [0.5, 0.6) is 0 Å². The number of anilines is 1. The maximum absolute atomic E-state index is 11.8. The fourth-order valence-corrected chi connectivity index (χ4v) is 2.39. The van der Waals surface area contributed by atoms with Gasteiger partial charge in [0.05, 0.1) is 6.20 Å². The molecule has 2 rings (SSSR count). The summed E-state index contributed by atoms with van der Waals surface area (Å²) in [5, 5.41) is 2.76. The summed E-state index contributed by atoms with van der Waals surface area (Å²) in [6.07, 6.45) is 7.19. The van der Waals surface area contributed by atoms with Crippen molar-refractivity contribution < 1.29 is 4.79 Å². The van der Waals surface area contributed by atoms with Crippen LogP contribution in [0.15, 0.2) is 27.6 Å². The molecular weight excluding hydrogens is 338 g/mol. The third-order valence-electron chi connectivity index (χ3n) is 2.32. The zero-order chi connectivity index (χ0) is 11.5. The number of carbonyl (C=O) groups is 1. The molecule has 0 spiro atoms. The fourth-order valence-electron chi connectivity index (χ4n) is 1.48. The molecule has 0 aromatic carbocycles. The molecule has 0 fully saturated rings. The maximum atomic E-state index is 11.8. The molecule has 0 bridgehead atoms. The monoisotopic (exact) mass is 345 g/mol. The average molecular weight is 347 g/mol. The van der Waals surface area contributed by atoms with E-state index in [-0.39, 0.29) is 11.8 Å². The number of halogens is 2.